The largest absolute Gasteiger partial charge is 0.480 e. The van der Waals surface area contributed by atoms with E-state index in [9.17, 15) is 19.7 Å². The lowest BCUT2D eigenvalue weighted by molar-refractivity contribution is -0.384. The standard InChI is InChI=1S/C16H9ClN2O6S2/c17-8-1-3-10(11(5-8)19(23)24)12-4-2-9(25-12)6-13-15(22)18(7-14(20)21)16(26)27-13/h1-6H,7H2,(H,20,21). The summed E-state index contributed by atoms with van der Waals surface area (Å²) in [5.41, 5.74) is 0.0265. The van der Waals surface area contributed by atoms with Crippen LogP contribution in [0.4, 0.5) is 5.69 Å². The van der Waals surface area contributed by atoms with Gasteiger partial charge in [0.05, 0.1) is 15.4 Å². The Morgan fingerprint density at radius 2 is 2.15 bits per heavy atom. The summed E-state index contributed by atoms with van der Waals surface area (Å²) in [5.74, 6) is -1.22. The zero-order valence-corrected chi connectivity index (χ0v) is 15.6. The zero-order valence-electron chi connectivity index (χ0n) is 13.2. The molecule has 2 aromatic rings. The lowest BCUT2D eigenvalue weighted by atomic mass is 10.1. The van der Waals surface area contributed by atoms with Gasteiger partial charge in [-0.1, -0.05) is 35.6 Å². The maximum Gasteiger partial charge on any atom is 0.323 e. The predicted octanol–water partition coefficient (Wildman–Crippen LogP) is 3.79. The summed E-state index contributed by atoms with van der Waals surface area (Å²) in [5, 5.41) is 20.3. The minimum atomic E-state index is -1.18. The number of thioether (sulfide) groups is 1. The molecule has 1 amide bonds. The number of carboxylic acid groups (broad SMARTS) is 1. The van der Waals surface area contributed by atoms with E-state index in [1.165, 1.54) is 36.4 Å². The molecule has 27 heavy (non-hydrogen) atoms. The molecule has 1 aliphatic heterocycles. The maximum absolute atomic E-state index is 12.3. The Kier molecular flexibility index (Phi) is 5.31. The van der Waals surface area contributed by atoms with E-state index >= 15 is 0 Å². The smallest absolute Gasteiger partial charge is 0.323 e. The fourth-order valence-corrected chi connectivity index (χ4v) is 3.74. The van der Waals surface area contributed by atoms with Gasteiger partial charge in [0.1, 0.15) is 22.4 Å². The molecule has 1 aromatic carbocycles. The van der Waals surface area contributed by atoms with Crippen LogP contribution < -0.4 is 0 Å². The quantitative estimate of drug-likeness (QED) is 0.333. The zero-order chi connectivity index (χ0) is 19.7. The van der Waals surface area contributed by atoms with Crippen LogP contribution in [0.3, 0.4) is 0 Å². The van der Waals surface area contributed by atoms with Crippen molar-refractivity contribution in [3.63, 3.8) is 0 Å². The number of hydrogen-bond acceptors (Lipinski definition) is 7. The highest BCUT2D eigenvalue weighted by atomic mass is 35.5. The lowest BCUT2D eigenvalue weighted by Crippen LogP contribution is -2.33. The highest BCUT2D eigenvalue weighted by Crippen LogP contribution is 2.36. The number of rotatable bonds is 5. The van der Waals surface area contributed by atoms with Gasteiger partial charge >= 0.3 is 5.97 Å². The Hall–Kier alpha value is -2.69. The third kappa shape index (κ3) is 4.02. The van der Waals surface area contributed by atoms with Crippen molar-refractivity contribution in [2.75, 3.05) is 6.54 Å². The molecule has 0 saturated carbocycles. The first-order valence-corrected chi connectivity index (χ1v) is 8.88. The Labute approximate surface area is 166 Å². The molecule has 1 fully saturated rings. The van der Waals surface area contributed by atoms with Crippen molar-refractivity contribution < 1.29 is 24.0 Å². The van der Waals surface area contributed by atoms with E-state index in [1.807, 2.05) is 0 Å². The highest BCUT2D eigenvalue weighted by Gasteiger charge is 2.33. The van der Waals surface area contributed by atoms with Crippen LogP contribution in [0, 0.1) is 10.1 Å². The van der Waals surface area contributed by atoms with Crippen LogP contribution >= 0.6 is 35.6 Å². The maximum atomic E-state index is 12.3. The van der Waals surface area contributed by atoms with Gasteiger partial charge in [-0.25, -0.2) is 0 Å². The summed E-state index contributed by atoms with van der Waals surface area (Å²) in [7, 11) is 0. The fraction of sp³-hybridized carbons (Fsp3) is 0.0625. The Morgan fingerprint density at radius 3 is 2.81 bits per heavy atom. The number of carboxylic acids is 1. The van der Waals surface area contributed by atoms with Gasteiger partial charge in [-0.2, -0.15) is 0 Å². The van der Waals surface area contributed by atoms with Crippen molar-refractivity contribution in [3.05, 3.63) is 56.1 Å². The molecule has 2 heterocycles. The normalized spacial score (nSPS) is 15.6. The molecule has 1 saturated heterocycles. The van der Waals surface area contributed by atoms with Crippen molar-refractivity contribution in [1.82, 2.24) is 4.90 Å². The number of thiocarbonyl (C=S) groups is 1. The summed E-state index contributed by atoms with van der Waals surface area (Å²) in [4.78, 5) is 34.9. The van der Waals surface area contributed by atoms with E-state index in [-0.39, 0.29) is 37.0 Å². The number of amides is 1. The van der Waals surface area contributed by atoms with E-state index in [1.54, 1.807) is 0 Å². The van der Waals surface area contributed by atoms with Crippen molar-refractivity contribution in [1.29, 1.82) is 0 Å². The monoisotopic (exact) mass is 424 g/mol. The number of benzene rings is 1. The van der Waals surface area contributed by atoms with Crippen LogP contribution in [-0.2, 0) is 9.59 Å². The lowest BCUT2D eigenvalue weighted by Gasteiger charge is -2.09. The SMILES string of the molecule is O=C(O)CN1C(=O)C(=Cc2ccc(-c3ccc(Cl)cc3[N+](=O)[O-])o2)SC1=S. The molecular weight excluding hydrogens is 416 g/mol. The molecule has 8 nitrogen and oxygen atoms in total. The number of carbonyl (C=O) groups excluding carboxylic acids is 1. The van der Waals surface area contributed by atoms with Crippen LogP contribution in [0.15, 0.2) is 39.7 Å². The van der Waals surface area contributed by atoms with Crippen LogP contribution in [0.1, 0.15) is 5.76 Å². The van der Waals surface area contributed by atoms with Gasteiger partial charge in [0.25, 0.3) is 11.6 Å². The van der Waals surface area contributed by atoms with Crippen LogP contribution in [-0.4, -0.2) is 37.7 Å². The first-order chi connectivity index (χ1) is 12.8. The van der Waals surface area contributed by atoms with Gasteiger partial charge < -0.3 is 9.52 Å². The highest BCUT2D eigenvalue weighted by molar-refractivity contribution is 8.26. The number of nitrogens with zero attached hydrogens (tertiary/aromatic N) is 2. The van der Waals surface area contributed by atoms with Gasteiger partial charge in [-0.15, -0.1) is 0 Å². The molecule has 0 atom stereocenters. The molecule has 0 radical (unpaired) electrons. The second-order valence-electron chi connectivity index (χ2n) is 5.28. The number of aliphatic carboxylic acids is 1. The molecule has 11 heteroatoms. The molecule has 0 spiro atoms. The second kappa shape index (κ2) is 7.51. The van der Waals surface area contributed by atoms with Crippen LogP contribution in [0.25, 0.3) is 17.4 Å². The van der Waals surface area contributed by atoms with Crippen molar-refractivity contribution in [2.24, 2.45) is 0 Å². The van der Waals surface area contributed by atoms with E-state index in [0.717, 1.165) is 16.7 Å². The molecule has 0 bridgehead atoms. The first-order valence-electron chi connectivity index (χ1n) is 7.27. The summed E-state index contributed by atoms with van der Waals surface area (Å²) >= 11 is 11.8. The molecule has 3 rings (SSSR count). The van der Waals surface area contributed by atoms with Gasteiger partial charge in [0, 0.05) is 17.2 Å². The van der Waals surface area contributed by atoms with E-state index in [4.69, 9.17) is 33.3 Å². The first kappa shape index (κ1) is 19.1. The number of nitro benzene ring substituents is 1. The molecule has 0 aliphatic carbocycles. The number of halogens is 1. The molecule has 1 N–H and O–H groups in total. The van der Waals surface area contributed by atoms with Gasteiger partial charge in [-0.3, -0.25) is 24.6 Å². The number of hydrogen-bond donors (Lipinski definition) is 1. The van der Waals surface area contributed by atoms with E-state index in [2.05, 4.69) is 0 Å². The second-order valence-corrected chi connectivity index (χ2v) is 7.39. The molecule has 1 aliphatic rings. The minimum absolute atomic E-state index is 0.133. The number of carbonyl (C=O) groups is 2. The van der Waals surface area contributed by atoms with Gasteiger partial charge in [-0.05, 0) is 24.3 Å². The van der Waals surface area contributed by atoms with Gasteiger partial charge in [0.15, 0.2) is 0 Å². The van der Waals surface area contributed by atoms with Crippen LogP contribution in [0.5, 0.6) is 0 Å². The summed E-state index contributed by atoms with van der Waals surface area (Å²) < 4.78 is 5.73. The molecule has 138 valence electrons. The summed E-state index contributed by atoms with van der Waals surface area (Å²) in [6.07, 6.45) is 1.41. The molecular formula is C16H9ClN2O6S2. The minimum Gasteiger partial charge on any atom is -0.480 e. The topological polar surface area (TPSA) is 114 Å². The van der Waals surface area contributed by atoms with Crippen LogP contribution in [0.2, 0.25) is 5.02 Å². The predicted molar refractivity (Wildman–Crippen MR) is 103 cm³/mol. The number of nitro groups is 1. The van der Waals surface area contributed by atoms with Gasteiger partial charge in [0.2, 0.25) is 0 Å². The molecule has 0 unspecified atom stereocenters. The fourth-order valence-electron chi connectivity index (χ4n) is 2.34. The Bertz CT molecular complexity index is 1020. The summed E-state index contributed by atoms with van der Waals surface area (Å²) in [6.45, 7) is -0.525. The van der Waals surface area contributed by atoms with Crippen molar-refractivity contribution in [3.8, 4) is 11.3 Å². The molecule has 1 aromatic heterocycles. The van der Waals surface area contributed by atoms with E-state index < -0.39 is 23.3 Å². The third-order valence-electron chi connectivity index (χ3n) is 3.49. The van der Waals surface area contributed by atoms with Crippen molar-refractivity contribution >= 4 is 63.5 Å². The van der Waals surface area contributed by atoms with Crippen molar-refractivity contribution in [2.45, 2.75) is 0 Å². The number of furan rings is 1. The average Bonchev–Trinajstić information content (AvgIpc) is 3.15. The van der Waals surface area contributed by atoms with E-state index in [0.29, 0.717) is 0 Å². The average molecular weight is 425 g/mol. The Balaban J connectivity index is 1.91. The summed E-state index contributed by atoms with van der Waals surface area (Å²) in [6, 6.07) is 7.26. The third-order valence-corrected chi connectivity index (χ3v) is 5.10. The Morgan fingerprint density at radius 1 is 1.41 bits per heavy atom.